The molecule has 2 aromatic heterocycles. The SMILES string of the molecule is C[C@@H](Sc1ccc(S(=O)(=O)N(C)C)cn1)c1nc2ccccc2c(=O)[nH]1. The molecule has 0 unspecified atom stereocenters. The topological polar surface area (TPSA) is 96.0 Å². The highest BCUT2D eigenvalue weighted by Crippen LogP contribution is 2.32. The van der Waals surface area contributed by atoms with Gasteiger partial charge in [-0.1, -0.05) is 23.9 Å². The van der Waals surface area contributed by atoms with Crippen molar-refractivity contribution in [2.75, 3.05) is 14.1 Å². The number of hydrogen-bond donors (Lipinski definition) is 1. The van der Waals surface area contributed by atoms with Crippen LogP contribution < -0.4 is 5.56 Å². The number of rotatable bonds is 5. The number of aromatic amines is 1. The second-order valence-electron chi connectivity index (χ2n) is 5.85. The Kier molecular flexibility index (Phi) is 5.12. The highest BCUT2D eigenvalue weighted by atomic mass is 32.2. The van der Waals surface area contributed by atoms with Crippen LogP contribution in [-0.4, -0.2) is 41.8 Å². The Labute approximate surface area is 155 Å². The molecule has 0 aliphatic rings. The molecule has 0 radical (unpaired) electrons. The summed E-state index contributed by atoms with van der Waals surface area (Å²) in [6, 6.07) is 10.3. The number of H-pyrrole nitrogens is 1. The fourth-order valence-electron chi connectivity index (χ4n) is 2.33. The van der Waals surface area contributed by atoms with Gasteiger partial charge in [0.25, 0.3) is 5.56 Å². The summed E-state index contributed by atoms with van der Waals surface area (Å²) in [4.78, 5) is 23.8. The minimum Gasteiger partial charge on any atom is -0.309 e. The van der Waals surface area contributed by atoms with Crippen molar-refractivity contribution in [1.29, 1.82) is 0 Å². The van der Waals surface area contributed by atoms with Crippen molar-refractivity contribution in [3.63, 3.8) is 0 Å². The van der Waals surface area contributed by atoms with Gasteiger partial charge in [-0.15, -0.1) is 0 Å². The summed E-state index contributed by atoms with van der Waals surface area (Å²) in [5, 5.41) is 1.03. The fourth-order valence-corrected chi connectivity index (χ4v) is 4.03. The van der Waals surface area contributed by atoms with Crippen molar-refractivity contribution in [1.82, 2.24) is 19.3 Å². The Bertz CT molecular complexity index is 1090. The minimum atomic E-state index is -3.50. The van der Waals surface area contributed by atoms with E-state index in [-0.39, 0.29) is 15.7 Å². The number of aromatic nitrogens is 3. The van der Waals surface area contributed by atoms with E-state index >= 15 is 0 Å². The first-order valence-corrected chi connectivity index (χ1v) is 10.1. The van der Waals surface area contributed by atoms with Gasteiger partial charge in [0.05, 0.1) is 21.2 Å². The van der Waals surface area contributed by atoms with Gasteiger partial charge in [-0.2, -0.15) is 0 Å². The zero-order valence-electron chi connectivity index (χ0n) is 14.5. The normalized spacial score (nSPS) is 13.2. The van der Waals surface area contributed by atoms with Gasteiger partial charge in [-0.25, -0.2) is 22.7 Å². The number of sulfonamides is 1. The molecule has 0 bridgehead atoms. The van der Waals surface area contributed by atoms with Gasteiger partial charge in [0.1, 0.15) is 10.7 Å². The van der Waals surface area contributed by atoms with Gasteiger partial charge in [0.15, 0.2) is 0 Å². The molecule has 0 aliphatic carbocycles. The Hall–Kier alpha value is -2.23. The van der Waals surface area contributed by atoms with Crippen LogP contribution in [0.1, 0.15) is 18.0 Å². The van der Waals surface area contributed by atoms with E-state index in [1.807, 2.05) is 13.0 Å². The summed E-state index contributed by atoms with van der Waals surface area (Å²) < 4.78 is 25.3. The number of nitrogens with zero attached hydrogens (tertiary/aromatic N) is 3. The summed E-state index contributed by atoms with van der Waals surface area (Å²) in [5.74, 6) is 0.547. The molecule has 1 atom stereocenters. The molecule has 0 fully saturated rings. The molecule has 9 heteroatoms. The molecule has 2 heterocycles. The Morgan fingerprint density at radius 1 is 1.15 bits per heavy atom. The van der Waals surface area contributed by atoms with Crippen molar-refractivity contribution in [3.05, 3.63) is 58.8 Å². The van der Waals surface area contributed by atoms with Gasteiger partial charge in [-0.05, 0) is 31.2 Å². The lowest BCUT2D eigenvalue weighted by atomic mass is 10.2. The third kappa shape index (κ3) is 3.64. The number of hydrogen-bond acceptors (Lipinski definition) is 6. The number of fused-ring (bicyclic) bond motifs is 1. The molecule has 0 aliphatic heterocycles. The summed E-state index contributed by atoms with van der Waals surface area (Å²) in [6.45, 7) is 1.91. The van der Waals surface area contributed by atoms with Gasteiger partial charge < -0.3 is 4.98 Å². The van der Waals surface area contributed by atoms with Crippen molar-refractivity contribution in [3.8, 4) is 0 Å². The van der Waals surface area contributed by atoms with Crippen molar-refractivity contribution in [2.45, 2.75) is 22.1 Å². The summed E-state index contributed by atoms with van der Waals surface area (Å²) >= 11 is 1.39. The zero-order valence-corrected chi connectivity index (χ0v) is 16.1. The van der Waals surface area contributed by atoms with Crippen LogP contribution in [0.25, 0.3) is 10.9 Å². The van der Waals surface area contributed by atoms with E-state index in [0.29, 0.717) is 21.8 Å². The van der Waals surface area contributed by atoms with E-state index in [0.717, 1.165) is 4.31 Å². The Morgan fingerprint density at radius 2 is 1.88 bits per heavy atom. The number of nitrogens with one attached hydrogen (secondary N) is 1. The third-order valence-electron chi connectivity index (χ3n) is 3.80. The van der Waals surface area contributed by atoms with Crippen LogP contribution in [0.5, 0.6) is 0 Å². The van der Waals surface area contributed by atoms with E-state index in [4.69, 9.17) is 0 Å². The quantitative estimate of drug-likeness (QED) is 0.672. The molecule has 1 N–H and O–H groups in total. The van der Waals surface area contributed by atoms with Gasteiger partial charge in [-0.3, -0.25) is 4.79 Å². The molecule has 0 saturated heterocycles. The second-order valence-corrected chi connectivity index (χ2v) is 9.36. The third-order valence-corrected chi connectivity index (χ3v) is 6.66. The van der Waals surface area contributed by atoms with Crippen LogP contribution >= 0.6 is 11.8 Å². The Balaban J connectivity index is 1.84. The molecule has 0 saturated carbocycles. The molecular formula is C17H18N4O3S2. The number of para-hydroxylation sites is 1. The van der Waals surface area contributed by atoms with E-state index in [2.05, 4.69) is 15.0 Å². The lowest BCUT2D eigenvalue weighted by Crippen LogP contribution is -2.22. The second kappa shape index (κ2) is 7.18. The van der Waals surface area contributed by atoms with Gasteiger partial charge >= 0.3 is 0 Å². The lowest BCUT2D eigenvalue weighted by Gasteiger charge is -2.13. The van der Waals surface area contributed by atoms with Crippen molar-refractivity contribution < 1.29 is 8.42 Å². The van der Waals surface area contributed by atoms with Gasteiger partial charge in [0.2, 0.25) is 10.0 Å². The molecule has 3 aromatic rings. The first kappa shape index (κ1) is 18.6. The molecule has 0 spiro atoms. The van der Waals surface area contributed by atoms with E-state index < -0.39 is 10.0 Å². The average molecular weight is 390 g/mol. The number of pyridine rings is 1. The number of benzene rings is 1. The minimum absolute atomic E-state index is 0.136. The lowest BCUT2D eigenvalue weighted by molar-refractivity contribution is 0.520. The first-order chi connectivity index (χ1) is 12.3. The molecule has 0 amide bonds. The highest BCUT2D eigenvalue weighted by Gasteiger charge is 2.18. The average Bonchev–Trinajstić information content (AvgIpc) is 2.62. The number of thioether (sulfide) groups is 1. The maximum Gasteiger partial charge on any atom is 0.258 e. The molecule has 1 aromatic carbocycles. The summed E-state index contributed by atoms with van der Waals surface area (Å²) in [6.07, 6.45) is 1.33. The summed E-state index contributed by atoms with van der Waals surface area (Å²) in [5.41, 5.74) is 0.456. The maximum absolute atomic E-state index is 12.2. The fraction of sp³-hybridized carbons (Fsp3) is 0.235. The highest BCUT2D eigenvalue weighted by molar-refractivity contribution is 7.99. The summed E-state index contributed by atoms with van der Waals surface area (Å²) in [7, 11) is -0.554. The monoisotopic (exact) mass is 390 g/mol. The van der Waals surface area contributed by atoms with E-state index in [1.54, 1.807) is 24.3 Å². The maximum atomic E-state index is 12.2. The molecule has 3 rings (SSSR count). The standard InChI is InChI=1S/C17H18N4O3S2/c1-11(16-19-14-7-5-4-6-13(14)17(22)20-16)25-15-9-8-12(10-18-15)26(23,24)21(2)3/h4-11H,1-3H3,(H,19,20,22)/t11-/m1/s1. The van der Waals surface area contributed by atoms with Crippen molar-refractivity contribution in [2.24, 2.45) is 0 Å². The van der Waals surface area contributed by atoms with Crippen LogP contribution in [0.15, 0.2) is 57.3 Å². The van der Waals surface area contributed by atoms with Crippen LogP contribution in [0.3, 0.4) is 0 Å². The van der Waals surface area contributed by atoms with Crippen LogP contribution in [0.2, 0.25) is 0 Å². The zero-order chi connectivity index (χ0) is 18.9. The van der Waals surface area contributed by atoms with Crippen LogP contribution in [-0.2, 0) is 10.0 Å². The van der Waals surface area contributed by atoms with Gasteiger partial charge in [0, 0.05) is 20.3 Å². The van der Waals surface area contributed by atoms with Crippen LogP contribution in [0, 0.1) is 0 Å². The van der Waals surface area contributed by atoms with E-state index in [1.165, 1.54) is 38.1 Å². The molecular weight excluding hydrogens is 372 g/mol. The Morgan fingerprint density at radius 3 is 2.54 bits per heavy atom. The predicted octanol–water partition coefficient (Wildman–Crippen LogP) is 2.42. The smallest absolute Gasteiger partial charge is 0.258 e. The predicted molar refractivity (Wildman–Crippen MR) is 102 cm³/mol. The van der Waals surface area contributed by atoms with Crippen molar-refractivity contribution >= 4 is 32.7 Å². The molecule has 136 valence electrons. The molecule has 7 nitrogen and oxygen atoms in total. The van der Waals surface area contributed by atoms with E-state index in [9.17, 15) is 13.2 Å². The largest absolute Gasteiger partial charge is 0.309 e. The van der Waals surface area contributed by atoms with Crippen LogP contribution in [0.4, 0.5) is 0 Å². The molecule has 26 heavy (non-hydrogen) atoms. The first-order valence-electron chi connectivity index (χ1n) is 7.83.